The Kier molecular flexibility index (Phi) is 8.03. The van der Waals surface area contributed by atoms with Gasteiger partial charge in [-0.2, -0.15) is 0 Å². The average Bonchev–Trinajstić information content (AvgIpc) is 3.37. The molecule has 2 fully saturated rings. The summed E-state index contributed by atoms with van der Waals surface area (Å²) in [6, 6.07) is 11.2. The van der Waals surface area contributed by atoms with Crippen molar-refractivity contribution < 1.29 is 14.3 Å². The molecule has 2 aliphatic rings. The zero-order chi connectivity index (χ0) is 23.9. The number of urea groups is 1. The Labute approximate surface area is 201 Å². The number of benzene rings is 2. The first-order valence-corrected chi connectivity index (χ1v) is 12.1. The van der Waals surface area contributed by atoms with Crippen LogP contribution < -0.4 is 20.9 Å². The van der Waals surface area contributed by atoms with Gasteiger partial charge in [0.15, 0.2) is 0 Å². The van der Waals surface area contributed by atoms with Gasteiger partial charge in [-0.05, 0) is 56.0 Å². The molecule has 8 heteroatoms. The standard InChI is InChI=1S/C26H35N5O3/c1-19-6-5-7-20(2)24(19)29-26(33)28-21-8-9-23(31-11-3-4-12-31)22(18-21)25(32)27-10-13-30-14-16-34-17-15-30/h5-9,18H,3-4,10-17H2,1-2H3,(H,27,32)(H2,28,29,33). The van der Waals surface area contributed by atoms with Crippen molar-refractivity contribution in [3.8, 4) is 0 Å². The van der Waals surface area contributed by atoms with Gasteiger partial charge in [0.2, 0.25) is 0 Å². The second kappa shape index (κ2) is 11.4. The van der Waals surface area contributed by atoms with Crippen LogP contribution in [0.25, 0.3) is 0 Å². The van der Waals surface area contributed by atoms with Gasteiger partial charge in [-0.3, -0.25) is 9.69 Å². The third-order valence-corrected chi connectivity index (χ3v) is 6.48. The molecular weight excluding hydrogens is 430 g/mol. The summed E-state index contributed by atoms with van der Waals surface area (Å²) < 4.78 is 5.39. The van der Waals surface area contributed by atoms with E-state index in [1.165, 1.54) is 0 Å². The molecule has 0 aromatic heterocycles. The van der Waals surface area contributed by atoms with Crippen molar-refractivity contribution in [2.75, 3.05) is 68.0 Å². The molecule has 2 aliphatic heterocycles. The maximum atomic E-state index is 13.2. The summed E-state index contributed by atoms with van der Waals surface area (Å²) in [4.78, 5) is 30.4. The highest BCUT2D eigenvalue weighted by atomic mass is 16.5. The van der Waals surface area contributed by atoms with Gasteiger partial charge in [0.1, 0.15) is 0 Å². The van der Waals surface area contributed by atoms with Crippen molar-refractivity contribution in [1.29, 1.82) is 0 Å². The number of hydrogen-bond acceptors (Lipinski definition) is 5. The van der Waals surface area contributed by atoms with Crippen molar-refractivity contribution in [3.63, 3.8) is 0 Å². The number of morpholine rings is 1. The van der Waals surface area contributed by atoms with Crippen molar-refractivity contribution >= 4 is 29.0 Å². The van der Waals surface area contributed by atoms with E-state index in [0.717, 1.165) is 81.3 Å². The van der Waals surface area contributed by atoms with Crippen LogP contribution in [0.1, 0.15) is 34.3 Å². The van der Waals surface area contributed by atoms with E-state index in [1.54, 1.807) is 6.07 Å². The minimum Gasteiger partial charge on any atom is -0.379 e. The Morgan fingerprint density at radius 2 is 1.65 bits per heavy atom. The van der Waals surface area contributed by atoms with Crippen molar-refractivity contribution in [2.45, 2.75) is 26.7 Å². The number of amides is 3. The second-order valence-electron chi connectivity index (χ2n) is 8.98. The number of carbonyl (C=O) groups is 2. The van der Waals surface area contributed by atoms with Crippen LogP contribution in [0, 0.1) is 13.8 Å². The van der Waals surface area contributed by atoms with Crippen LogP contribution in [0.15, 0.2) is 36.4 Å². The van der Waals surface area contributed by atoms with Crippen LogP contribution in [-0.4, -0.2) is 69.3 Å². The molecule has 2 aromatic carbocycles. The van der Waals surface area contributed by atoms with Crippen LogP contribution in [0.5, 0.6) is 0 Å². The fourth-order valence-corrected chi connectivity index (χ4v) is 4.56. The monoisotopic (exact) mass is 465 g/mol. The highest BCUT2D eigenvalue weighted by molar-refractivity contribution is 6.04. The molecule has 2 saturated heterocycles. The summed E-state index contributed by atoms with van der Waals surface area (Å²) in [6.45, 7) is 10.4. The maximum Gasteiger partial charge on any atom is 0.323 e. The lowest BCUT2D eigenvalue weighted by molar-refractivity contribution is 0.0383. The van der Waals surface area contributed by atoms with E-state index in [9.17, 15) is 9.59 Å². The van der Waals surface area contributed by atoms with Crippen molar-refractivity contribution in [3.05, 3.63) is 53.1 Å². The van der Waals surface area contributed by atoms with Gasteiger partial charge in [-0.15, -0.1) is 0 Å². The first-order valence-electron chi connectivity index (χ1n) is 12.1. The molecule has 0 bridgehead atoms. The smallest absolute Gasteiger partial charge is 0.323 e. The maximum absolute atomic E-state index is 13.2. The highest BCUT2D eigenvalue weighted by Crippen LogP contribution is 2.28. The molecule has 0 aliphatic carbocycles. The predicted octanol–water partition coefficient (Wildman–Crippen LogP) is 3.61. The Bertz CT molecular complexity index is 993. The number of rotatable bonds is 7. The molecule has 3 N–H and O–H groups in total. The summed E-state index contributed by atoms with van der Waals surface area (Å²) in [5.74, 6) is -0.117. The molecule has 182 valence electrons. The second-order valence-corrected chi connectivity index (χ2v) is 8.98. The molecule has 0 spiro atoms. The summed E-state index contributed by atoms with van der Waals surface area (Å²) in [6.07, 6.45) is 2.24. The molecule has 2 heterocycles. The van der Waals surface area contributed by atoms with Crippen molar-refractivity contribution in [1.82, 2.24) is 10.2 Å². The number of hydrogen-bond donors (Lipinski definition) is 3. The quantitative estimate of drug-likeness (QED) is 0.582. The van der Waals surface area contributed by atoms with E-state index in [-0.39, 0.29) is 11.9 Å². The van der Waals surface area contributed by atoms with E-state index in [4.69, 9.17) is 4.74 Å². The van der Waals surface area contributed by atoms with Crippen molar-refractivity contribution in [2.24, 2.45) is 0 Å². The molecule has 34 heavy (non-hydrogen) atoms. The molecule has 0 radical (unpaired) electrons. The average molecular weight is 466 g/mol. The van der Waals surface area contributed by atoms with Gasteiger partial charge in [-0.25, -0.2) is 4.79 Å². The normalized spacial score (nSPS) is 16.4. The molecule has 0 saturated carbocycles. The van der Waals surface area contributed by atoms with Crippen LogP contribution in [-0.2, 0) is 4.74 Å². The topological polar surface area (TPSA) is 85.9 Å². The van der Waals surface area contributed by atoms with Crippen LogP contribution in [0.4, 0.5) is 21.9 Å². The third kappa shape index (κ3) is 6.07. The number of nitrogens with zero attached hydrogens (tertiary/aromatic N) is 2. The Morgan fingerprint density at radius 3 is 2.35 bits per heavy atom. The predicted molar refractivity (Wildman–Crippen MR) is 136 cm³/mol. The van der Waals surface area contributed by atoms with E-state index in [0.29, 0.717) is 17.8 Å². The Balaban J connectivity index is 1.45. The first-order chi connectivity index (χ1) is 16.5. The number of nitrogens with one attached hydrogen (secondary N) is 3. The summed E-state index contributed by atoms with van der Waals surface area (Å²) in [7, 11) is 0. The zero-order valence-electron chi connectivity index (χ0n) is 20.2. The van der Waals surface area contributed by atoms with E-state index in [2.05, 4.69) is 25.8 Å². The van der Waals surface area contributed by atoms with Gasteiger partial charge < -0.3 is 25.6 Å². The molecule has 4 rings (SSSR count). The molecular formula is C26H35N5O3. The lowest BCUT2D eigenvalue weighted by Crippen LogP contribution is -2.41. The van der Waals surface area contributed by atoms with E-state index < -0.39 is 0 Å². The minimum absolute atomic E-state index is 0.117. The Hall–Kier alpha value is -3.10. The first kappa shape index (κ1) is 24.0. The molecule has 3 amide bonds. The summed E-state index contributed by atoms with van der Waals surface area (Å²) in [5, 5.41) is 8.90. The fourth-order valence-electron chi connectivity index (χ4n) is 4.56. The van der Waals surface area contributed by atoms with Crippen LogP contribution in [0.3, 0.4) is 0 Å². The largest absolute Gasteiger partial charge is 0.379 e. The number of aryl methyl sites for hydroxylation is 2. The molecule has 2 aromatic rings. The third-order valence-electron chi connectivity index (χ3n) is 6.48. The minimum atomic E-state index is -0.329. The van der Waals surface area contributed by atoms with Gasteiger partial charge in [0.25, 0.3) is 5.91 Å². The van der Waals surface area contributed by atoms with Gasteiger partial charge in [-0.1, -0.05) is 18.2 Å². The van der Waals surface area contributed by atoms with Gasteiger partial charge in [0, 0.05) is 56.3 Å². The summed E-state index contributed by atoms with van der Waals surface area (Å²) in [5.41, 5.74) is 4.90. The zero-order valence-corrected chi connectivity index (χ0v) is 20.2. The SMILES string of the molecule is Cc1cccc(C)c1NC(=O)Nc1ccc(N2CCCC2)c(C(=O)NCCN2CCOCC2)c1. The lowest BCUT2D eigenvalue weighted by atomic mass is 10.1. The number of carbonyl (C=O) groups excluding carboxylic acids is 2. The molecule has 8 nitrogen and oxygen atoms in total. The van der Waals surface area contributed by atoms with Gasteiger partial charge in [0.05, 0.1) is 18.8 Å². The fraction of sp³-hybridized carbons (Fsp3) is 0.462. The number of para-hydroxylation sites is 1. The molecule has 0 atom stereocenters. The summed E-state index contributed by atoms with van der Waals surface area (Å²) >= 11 is 0. The van der Waals surface area contributed by atoms with Crippen LogP contribution >= 0.6 is 0 Å². The van der Waals surface area contributed by atoms with E-state index >= 15 is 0 Å². The molecule has 0 unspecified atom stereocenters. The Morgan fingerprint density at radius 1 is 0.941 bits per heavy atom. The number of ether oxygens (including phenoxy) is 1. The van der Waals surface area contributed by atoms with E-state index in [1.807, 2.05) is 44.2 Å². The number of anilines is 3. The highest BCUT2D eigenvalue weighted by Gasteiger charge is 2.21. The van der Waals surface area contributed by atoms with Gasteiger partial charge >= 0.3 is 6.03 Å². The lowest BCUT2D eigenvalue weighted by Gasteiger charge is -2.26. The van der Waals surface area contributed by atoms with Crippen LogP contribution in [0.2, 0.25) is 0 Å².